The molecule has 0 saturated carbocycles. The lowest BCUT2D eigenvalue weighted by molar-refractivity contribution is 0.207. The van der Waals surface area contributed by atoms with Crippen molar-refractivity contribution in [1.29, 1.82) is 0 Å². The van der Waals surface area contributed by atoms with Gasteiger partial charge in [-0.3, -0.25) is 4.68 Å². The molecule has 0 aromatic carbocycles. The summed E-state index contributed by atoms with van der Waals surface area (Å²) in [7, 11) is -1.64. The van der Waals surface area contributed by atoms with Crippen LogP contribution in [0.5, 0.6) is 0 Å². The summed E-state index contributed by atoms with van der Waals surface area (Å²) in [5, 5.41) is 4.14. The van der Waals surface area contributed by atoms with Crippen molar-refractivity contribution in [2.75, 3.05) is 19.6 Å². The number of hydrogen-bond acceptors (Lipinski definition) is 4. The van der Waals surface area contributed by atoms with Gasteiger partial charge in [-0.05, 0) is 26.3 Å². The van der Waals surface area contributed by atoms with Crippen LogP contribution in [0.3, 0.4) is 0 Å². The molecule has 2 N–H and O–H groups in total. The fourth-order valence-electron chi connectivity index (χ4n) is 2.12. The van der Waals surface area contributed by atoms with Crippen LogP contribution in [0.1, 0.15) is 11.4 Å². The van der Waals surface area contributed by atoms with Gasteiger partial charge in [0.05, 0.1) is 11.4 Å². The maximum atomic E-state index is 12.4. The van der Waals surface area contributed by atoms with Gasteiger partial charge in [0.15, 0.2) is 0 Å². The van der Waals surface area contributed by atoms with Crippen LogP contribution in [0.2, 0.25) is 0 Å². The number of aromatic nitrogens is 2. The lowest BCUT2D eigenvalue weighted by atomic mass is 10.0. The summed E-state index contributed by atoms with van der Waals surface area (Å²) in [5.41, 5.74) is 6.74. The van der Waals surface area contributed by atoms with E-state index < -0.39 is 10.0 Å². The molecule has 1 aromatic rings. The predicted octanol–water partition coefficient (Wildman–Crippen LogP) is -0.384. The smallest absolute Gasteiger partial charge is 0.246 e. The van der Waals surface area contributed by atoms with E-state index in [-0.39, 0.29) is 0 Å². The first-order valence-corrected chi connectivity index (χ1v) is 7.02. The second kappa shape index (κ2) is 4.08. The van der Waals surface area contributed by atoms with E-state index in [1.165, 1.54) is 4.31 Å². The Morgan fingerprint density at radius 1 is 1.41 bits per heavy atom. The highest BCUT2D eigenvalue weighted by molar-refractivity contribution is 7.89. The number of nitrogens with zero attached hydrogens (tertiary/aromatic N) is 3. The topological polar surface area (TPSA) is 81.2 Å². The average molecular weight is 258 g/mol. The fourth-order valence-corrected chi connectivity index (χ4v) is 4.12. The summed E-state index contributed by atoms with van der Waals surface area (Å²) >= 11 is 0. The van der Waals surface area contributed by atoms with E-state index in [4.69, 9.17) is 5.73 Å². The lowest BCUT2D eigenvalue weighted by Crippen LogP contribution is -2.52. The van der Waals surface area contributed by atoms with Gasteiger partial charge in [0, 0.05) is 20.1 Å². The number of rotatable bonds is 3. The van der Waals surface area contributed by atoms with Crippen molar-refractivity contribution in [2.24, 2.45) is 18.7 Å². The molecule has 1 aliphatic rings. The Hall–Kier alpha value is -0.920. The molecular weight excluding hydrogens is 240 g/mol. The Balaban J connectivity index is 2.33. The number of sulfonamides is 1. The molecule has 0 unspecified atom stereocenters. The molecule has 0 spiro atoms. The summed E-state index contributed by atoms with van der Waals surface area (Å²) in [5.74, 6) is 0.294. The number of hydrogen-bond donors (Lipinski definition) is 1. The largest absolute Gasteiger partial charge is 0.330 e. The second-order valence-electron chi connectivity index (χ2n) is 4.55. The normalized spacial score (nSPS) is 18.4. The van der Waals surface area contributed by atoms with E-state index in [2.05, 4.69) is 5.10 Å². The van der Waals surface area contributed by atoms with E-state index in [1.54, 1.807) is 25.6 Å². The Morgan fingerprint density at radius 3 is 2.41 bits per heavy atom. The highest BCUT2D eigenvalue weighted by Gasteiger charge is 2.38. The average Bonchev–Trinajstić information content (AvgIpc) is 2.38. The molecule has 96 valence electrons. The highest BCUT2D eigenvalue weighted by Crippen LogP contribution is 2.28. The van der Waals surface area contributed by atoms with Crippen molar-refractivity contribution >= 4 is 10.0 Å². The summed E-state index contributed by atoms with van der Waals surface area (Å²) in [6.45, 7) is 5.07. The molecule has 0 amide bonds. The first kappa shape index (κ1) is 12.5. The molecule has 0 atom stereocenters. The SMILES string of the molecule is Cc1nn(C)c(C)c1S(=O)(=O)N1CC(CN)C1. The van der Waals surface area contributed by atoms with Gasteiger partial charge < -0.3 is 5.73 Å². The van der Waals surface area contributed by atoms with Gasteiger partial charge in [-0.15, -0.1) is 0 Å². The lowest BCUT2D eigenvalue weighted by Gasteiger charge is -2.37. The standard InChI is InChI=1S/C10H18N4O2S/c1-7-10(8(2)13(3)12-7)17(15,16)14-5-9(4-11)6-14/h9H,4-6,11H2,1-3H3. The van der Waals surface area contributed by atoms with E-state index in [9.17, 15) is 8.42 Å². The Morgan fingerprint density at radius 2 is 2.00 bits per heavy atom. The molecule has 2 rings (SSSR count). The van der Waals surface area contributed by atoms with E-state index >= 15 is 0 Å². The van der Waals surface area contributed by atoms with Crippen molar-refractivity contribution in [2.45, 2.75) is 18.7 Å². The Labute approximate surface area is 101 Å². The molecule has 0 aliphatic carbocycles. The second-order valence-corrected chi connectivity index (χ2v) is 6.42. The van der Waals surface area contributed by atoms with E-state index in [0.717, 1.165) is 0 Å². The van der Waals surface area contributed by atoms with Crippen molar-refractivity contribution in [1.82, 2.24) is 14.1 Å². The quantitative estimate of drug-likeness (QED) is 0.801. The number of aryl methyl sites for hydroxylation is 2. The van der Waals surface area contributed by atoms with Gasteiger partial charge in [0.2, 0.25) is 10.0 Å². The van der Waals surface area contributed by atoms with Crippen molar-refractivity contribution < 1.29 is 8.42 Å². The zero-order valence-electron chi connectivity index (χ0n) is 10.3. The third-order valence-corrected chi connectivity index (χ3v) is 5.38. The van der Waals surface area contributed by atoms with Crippen LogP contribution in [0.25, 0.3) is 0 Å². The molecule has 0 bridgehead atoms. The Bertz CT molecular complexity index is 529. The molecule has 17 heavy (non-hydrogen) atoms. The first-order chi connectivity index (χ1) is 7.87. The van der Waals surface area contributed by atoms with Crippen LogP contribution >= 0.6 is 0 Å². The molecule has 1 saturated heterocycles. The molecule has 0 radical (unpaired) electrons. The van der Waals surface area contributed by atoms with Crippen molar-refractivity contribution in [3.8, 4) is 0 Å². The van der Waals surface area contributed by atoms with Gasteiger partial charge in [0.25, 0.3) is 0 Å². The minimum Gasteiger partial charge on any atom is -0.330 e. The van der Waals surface area contributed by atoms with E-state index in [1.807, 2.05) is 0 Å². The van der Waals surface area contributed by atoms with Crippen molar-refractivity contribution in [3.05, 3.63) is 11.4 Å². The van der Waals surface area contributed by atoms with Crippen LogP contribution in [-0.2, 0) is 17.1 Å². The maximum absolute atomic E-state index is 12.4. The molecule has 7 heteroatoms. The van der Waals surface area contributed by atoms with Crippen LogP contribution in [-0.4, -0.2) is 42.1 Å². The van der Waals surface area contributed by atoms with Crippen molar-refractivity contribution in [3.63, 3.8) is 0 Å². The summed E-state index contributed by atoms with van der Waals surface area (Å²) in [4.78, 5) is 0.343. The van der Waals surface area contributed by atoms with Crippen LogP contribution in [0.4, 0.5) is 0 Å². The molecule has 6 nitrogen and oxygen atoms in total. The van der Waals surface area contributed by atoms with E-state index in [0.29, 0.717) is 41.8 Å². The summed E-state index contributed by atoms with van der Waals surface area (Å²) in [6.07, 6.45) is 0. The Kier molecular flexibility index (Phi) is 3.01. The zero-order valence-corrected chi connectivity index (χ0v) is 11.2. The third kappa shape index (κ3) is 1.88. The molecule has 1 fully saturated rings. The van der Waals surface area contributed by atoms with Gasteiger partial charge in [0.1, 0.15) is 4.90 Å². The monoisotopic (exact) mass is 258 g/mol. The van der Waals surface area contributed by atoms with Gasteiger partial charge in [-0.25, -0.2) is 8.42 Å². The predicted molar refractivity (Wildman–Crippen MR) is 64.0 cm³/mol. The third-order valence-electron chi connectivity index (χ3n) is 3.30. The van der Waals surface area contributed by atoms with Gasteiger partial charge in [-0.1, -0.05) is 0 Å². The van der Waals surface area contributed by atoms with Gasteiger partial charge >= 0.3 is 0 Å². The van der Waals surface area contributed by atoms with Crippen LogP contribution < -0.4 is 5.73 Å². The molecule has 1 aliphatic heterocycles. The summed E-state index contributed by atoms with van der Waals surface area (Å²) < 4.78 is 27.8. The number of nitrogens with two attached hydrogens (primary N) is 1. The zero-order chi connectivity index (χ0) is 12.8. The molecule has 1 aromatic heterocycles. The van der Waals surface area contributed by atoms with Gasteiger partial charge in [-0.2, -0.15) is 9.40 Å². The highest BCUT2D eigenvalue weighted by atomic mass is 32.2. The minimum absolute atomic E-state index is 0.294. The fraction of sp³-hybridized carbons (Fsp3) is 0.700. The first-order valence-electron chi connectivity index (χ1n) is 5.58. The molecule has 2 heterocycles. The maximum Gasteiger partial charge on any atom is 0.246 e. The summed E-state index contributed by atoms with van der Waals surface area (Å²) in [6, 6.07) is 0. The van der Waals surface area contributed by atoms with Crippen LogP contribution in [0.15, 0.2) is 4.90 Å². The minimum atomic E-state index is -3.39. The molecular formula is C10H18N4O2S. The van der Waals surface area contributed by atoms with Crippen LogP contribution in [0, 0.1) is 19.8 Å².